The summed E-state index contributed by atoms with van der Waals surface area (Å²) in [6.45, 7) is 1.97. The van der Waals surface area contributed by atoms with E-state index in [-0.39, 0.29) is 0 Å². The number of rotatable bonds is 3. The number of para-hydroxylation sites is 1. The number of nitrogens with zero attached hydrogens (tertiary/aromatic N) is 2. The quantitative estimate of drug-likeness (QED) is 0.578. The van der Waals surface area contributed by atoms with Gasteiger partial charge in [0.2, 0.25) is 0 Å². The van der Waals surface area contributed by atoms with Crippen molar-refractivity contribution in [1.82, 2.24) is 9.97 Å². The number of pyridine rings is 1. The van der Waals surface area contributed by atoms with Crippen LogP contribution in [0.3, 0.4) is 0 Å². The van der Waals surface area contributed by atoms with Crippen LogP contribution in [0.1, 0.15) is 5.69 Å². The molecule has 1 aromatic carbocycles. The zero-order valence-corrected chi connectivity index (χ0v) is 12.7. The van der Waals surface area contributed by atoms with Crippen LogP contribution in [0, 0.1) is 6.92 Å². The highest BCUT2D eigenvalue weighted by molar-refractivity contribution is 7.14. The molecule has 0 atom stereocenters. The molecule has 4 nitrogen and oxygen atoms in total. The first kappa shape index (κ1) is 13.0. The van der Waals surface area contributed by atoms with Gasteiger partial charge in [0.1, 0.15) is 17.1 Å². The smallest absolute Gasteiger partial charge is 0.188 e. The van der Waals surface area contributed by atoms with Crippen molar-refractivity contribution in [3.63, 3.8) is 0 Å². The third-order valence-electron chi connectivity index (χ3n) is 3.31. The Morgan fingerprint density at radius 3 is 2.82 bits per heavy atom. The Balaban J connectivity index is 1.63. The molecule has 5 heteroatoms. The van der Waals surface area contributed by atoms with E-state index in [0.29, 0.717) is 0 Å². The number of hydrogen-bond acceptors (Lipinski definition) is 5. The molecule has 3 heterocycles. The first-order valence-corrected chi connectivity index (χ1v) is 7.81. The highest BCUT2D eigenvalue weighted by Gasteiger charge is 2.10. The van der Waals surface area contributed by atoms with Crippen LogP contribution in [0.4, 0.5) is 10.9 Å². The zero-order chi connectivity index (χ0) is 14.9. The Labute approximate surface area is 131 Å². The first-order valence-electron chi connectivity index (χ1n) is 6.93. The van der Waals surface area contributed by atoms with E-state index in [9.17, 15) is 0 Å². The van der Waals surface area contributed by atoms with Gasteiger partial charge < -0.3 is 9.73 Å². The molecule has 0 saturated heterocycles. The van der Waals surface area contributed by atoms with Crippen LogP contribution in [0.2, 0.25) is 0 Å². The molecule has 0 bridgehead atoms. The summed E-state index contributed by atoms with van der Waals surface area (Å²) < 4.78 is 5.84. The molecule has 0 radical (unpaired) electrons. The van der Waals surface area contributed by atoms with Gasteiger partial charge in [-0.05, 0) is 31.2 Å². The number of furan rings is 1. The lowest BCUT2D eigenvalue weighted by Crippen LogP contribution is -1.93. The molecular weight excluding hydrogens is 294 g/mol. The minimum atomic E-state index is 0.780. The van der Waals surface area contributed by atoms with E-state index in [1.54, 1.807) is 0 Å². The summed E-state index contributed by atoms with van der Waals surface area (Å²) in [5.41, 5.74) is 2.68. The lowest BCUT2D eigenvalue weighted by atomic mass is 10.2. The minimum absolute atomic E-state index is 0.780. The molecule has 4 aromatic rings. The predicted molar refractivity (Wildman–Crippen MR) is 89.6 cm³/mol. The van der Waals surface area contributed by atoms with Gasteiger partial charge in [-0.2, -0.15) is 0 Å². The number of hydrogen-bond donors (Lipinski definition) is 1. The summed E-state index contributed by atoms with van der Waals surface area (Å²) in [5, 5.41) is 7.09. The second-order valence-corrected chi connectivity index (χ2v) is 5.83. The molecule has 0 saturated carbocycles. The Bertz CT molecular complexity index is 909. The predicted octanol–water partition coefficient (Wildman–Crippen LogP) is 5.00. The van der Waals surface area contributed by atoms with E-state index >= 15 is 0 Å². The van der Waals surface area contributed by atoms with Gasteiger partial charge in [0.25, 0.3) is 0 Å². The Morgan fingerprint density at radius 1 is 1.05 bits per heavy atom. The van der Waals surface area contributed by atoms with Crippen molar-refractivity contribution in [3.8, 4) is 11.5 Å². The Hall–Kier alpha value is -2.66. The maximum atomic E-state index is 5.84. The SMILES string of the molecule is Cc1cccc(Nc2nc(-c3cc4ccccc4o3)cs2)n1. The van der Waals surface area contributed by atoms with Crippen molar-refractivity contribution in [3.05, 3.63) is 59.6 Å². The van der Waals surface area contributed by atoms with Crippen molar-refractivity contribution >= 4 is 33.3 Å². The summed E-state index contributed by atoms with van der Waals surface area (Å²) in [4.78, 5) is 8.99. The van der Waals surface area contributed by atoms with E-state index in [0.717, 1.165) is 39.1 Å². The molecule has 0 amide bonds. The molecule has 1 N–H and O–H groups in total. The number of aromatic nitrogens is 2. The van der Waals surface area contributed by atoms with Crippen LogP contribution in [-0.2, 0) is 0 Å². The Morgan fingerprint density at radius 2 is 1.95 bits per heavy atom. The second kappa shape index (κ2) is 5.27. The monoisotopic (exact) mass is 307 g/mol. The third kappa shape index (κ3) is 2.46. The number of anilines is 2. The number of benzene rings is 1. The summed E-state index contributed by atoms with van der Waals surface area (Å²) in [7, 11) is 0. The lowest BCUT2D eigenvalue weighted by Gasteiger charge is -2.01. The Kier molecular flexibility index (Phi) is 3.12. The molecule has 22 heavy (non-hydrogen) atoms. The highest BCUT2D eigenvalue weighted by Crippen LogP contribution is 2.30. The van der Waals surface area contributed by atoms with Crippen LogP contribution >= 0.6 is 11.3 Å². The molecule has 3 aromatic heterocycles. The molecule has 0 fully saturated rings. The lowest BCUT2D eigenvalue weighted by molar-refractivity contribution is 0.629. The van der Waals surface area contributed by atoms with Gasteiger partial charge in [-0.15, -0.1) is 11.3 Å². The van der Waals surface area contributed by atoms with Gasteiger partial charge in [0.05, 0.1) is 0 Å². The molecule has 0 aliphatic rings. The average Bonchev–Trinajstić information content (AvgIpc) is 3.13. The normalized spacial score (nSPS) is 11.0. The van der Waals surface area contributed by atoms with Gasteiger partial charge >= 0.3 is 0 Å². The summed E-state index contributed by atoms with van der Waals surface area (Å²) in [6, 6.07) is 15.8. The molecular formula is C17H13N3OS. The van der Waals surface area contributed by atoms with Crippen molar-refractivity contribution in [2.45, 2.75) is 6.92 Å². The fraction of sp³-hybridized carbons (Fsp3) is 0.0588. The van der Waals surface area contributed by atoms with Crippen LogP contribution in [0.15, 0.2) is 58.3 Å². The topological polar surface area (TPSA) is 51.0 Å². The number of fused-ring (bicyclic) bond motifs is 1. The molecule has 4 rings (SSSR count). The fourth-order valence-electron chi connectivity index (χ4n) is 2.27. The molecule has 0 spiro atoms. The van der Waals surface area contributed by atoms with E-state index in [4.69, 9.17) is 4.42 Å². The number of nitrogens with one attached hydrogen (secondary N) is 1. The van der Waals surface area contributed by atoms with E-state index in [2.05, 4.69) is 15.3 Å². The van der Waals surface area contributed by atoms with Crippen molar-refractivity contribution in [2.24, 2.45) is 0 Å². The van der Waals surface area contributed by atoms with E-state index in [1.807, 2.05) is 60.8 Å². The van der Waals surface area contributed by atoms with Gasteiger partial charge in [0.15, 0.2) is 10.9 Å². The third-order valence-corrected chi connectivity index (χ3v) is 4.06. The average molecular weight is 307 g/mol. The van der Waals surface area contributed by atoms with Gasteiger partial charge in [-0.1, -0.05) is 24.3 Å². The van der Waals surface area contributed by atoms with Gasteiger partial charge in [-0.25, -0.2) is 9.97 Å². The standard InChI is InChI=1S/C17H13N3OS/c1-11-5-4-8-16(18-11)20-17-19-13(10-22-17)15-9-12-6-2-3-7-14(12)21-15/h2-10H,1H3,(H,18,19,20). The van der Waals surface area contributed by atoms with Gasteiger partial charge in [-0.3, -0.25) is 0 Å². The maximum Gasteiger partial charge on any atom is 0.188 e. The fourth-order valence-corrected chi connectivity index (χ4v) is 2.98. The van der Waals surface area contributed by atoms with Crippen molar-refractivity contribution < 1.29 is 4.42 Å². The molecule has 0 aliphatic carbocycles. The highest BCUT2D eigenvalue weighted by atomic mass is 32.1. The van der Waals surface area contributed by atoms with Crippen molar-refractivity contribution in [2.75, 3.05) is 5.32 Å². The minimum Gasteiger partial charge on any atom is -0.454 e. The largest absolute Gasteiger partial charge is 0.454 e. The summed E-state index contributed by atoms with van der Waals surface area (Å²) >= 11 is 1.53. The molecule has 0 aliphatic heterocycles. The van der Waals surface area contributed by atoms with Gasteiger partial charge in [0, 0.05) is 16.5 Å². The number of thiazole rings is 1. The molecule has 0 unspecified atom stereocenters. The van der Waals surface area contributed by atoms with Crippen LogP contribution < -0.4 is 5.32 Å². The number of aryl methyl sites for hydroxylation is 1. The van der Waals surface area contributed by atoms with Crippen LogP contribution in [-0.4, -0.2) is 9.97 Å². The van der Waals surface area contributed by atoms with E-state index in [1.165, 1.54) is 11.3 Å². The van der Waals surface area contributed by atoms with Crippen LogP contribution in [0.5, 0.6) is 0 Å². The summed E-state index contributed by atoms with van der Waals surface area (Å²) in [6.07, 6.45) is 0. The molecule has 108 valence electrons. The van der Waals surface area contributed by atoms with Crippen molar-refractivity contribution in [1.29, 1.82) is 0 Å². The zero-order valence-electron chi connectivity index (χ0n) is 11.9. The summed E-state index contributed by atoms with van der Waals surface area (Å²) in [5.74, 6) is 1.58. The van der Waals surface area contributed by atoms with Crippen LogP contribution in [0.25, 0.3) is 22.4 Å². The van der Waals surface area contributed by atoms with E-state index < -0.39 is 0 Å². The second-order valence-electron chi connectivity index (χ2n) is 4.98. The maximum absolute atomic E-state index is 5.84. The first-order chi connectivity index (χ1) is 10.8.